The van der Waals surface area contributed by atoms with Gasteiger partial charge in [0.2, 0.25) is 6.41 Å². The molecule has 2 aliphatic heterocycles. The van der Waals surface area contributed by atoms with Gasteiger partial charge in [0, 0.05) is 30.9 Å². The van der Waals surface area contributed by atoms with Crippen molar-refractivity contribution in [3.8, 4) is 0 Å². The number of hydrogen-bond donors (Lipinski definition) is 1. The largest absolute Gasteiger partial charge is 0.372 e. The van der Waals surface area contributed by atoms with Crippen LogP contribution in [0.3, 0.4) is 0 Å². The van der Waals surface area contributed by atoms with Crippen molar-refractivity contribution in [2.24, 2.45) is 5.73 Å². The van der Waals surface area contributed by atoms with Crippen LogP contribution in [0.25, 0.3) is 0 Å². The topological polar surface area (TPSA) is 62.5 Å². The van der Waals surface area contributed by atoms with Crippen molar-refractivity contribution < 1.29 is 4.79 Å². The molecular formula is C16H28N4O. The Morgan fingerprint density at radius 3 is 2.19 bits per heavy atom. The third kappa shape index (κ3) is 4.43. The number of primary amides is 1. The third-order valence-electron chi connectivity index (χ3n) is 3.86. The summed E-state index contributed by atoms with van der Waals surface area (Å²) in [6.07, 6.45) is 4.96. The van der Waals surface area contributed by atoms with Gasteiger partial charge in [-0.05, 0) is 38.9 Å². The number of hydrogen-bond acceptors (Lipinski definition) is 4. The van der Waals surface area contributed by atoms with E-state index < -0.39 is 0 Å². The number of amides is 1. The van der Waals surface area contributed by atoms with Gasteiger partial charge >= 0.3 is 0 Å². The summed E-state index contributed by atoms with van der Waals surface area (Å²) < 4.78 is 0. The highest BCUT2D eigenvalue weighted by molar-refractivity contribution is 5.49. The number of pyridine rings is 1. The molecule has 0 aromatic carbocycles. The van der Waals surface area contributed by atoms with Gasteiger partial charge in [0.1, 0.15) is 0 Å². The number of rotatable bonds is 1. The first-order chi connectivity index (χ1) is 10.2. The number of carbonyl (C=O) groups excluding carboxylic acids is 1. The fourth-order valence-electron chi connectivity index (χ4n) is 3.15. The Balaban J connectivity index is 0.000000395. The molecule has 0 aliphatic carbocycles. The zero-order valence-corrected chi connectivity index (χ0v) is 13.6. The first kappa shape index (κ1) is 17.4. The normalized spacial score (nSPS) is 23.5. The fraction of sp³-hybridized carbons (Fsp3) is 0.625. The van der Waals surface area contributed by atoms with Crippen molar-refractivity contribution in [3.63, 3.8) is 0 Å². The van der Waals surface area contributed by atoms with E-state index in [0.717, 1.165) is 5.69 Å². The van der Waals surface area contributed by atoms with E-state index in [1.54, 1.807) is 0 Å². The van der Waals surface area contributed by atoms with Crippen molar-refractivity contribution in [1.29, 1.82) is 0 Å². The van der Waals surface area contributed by atoms with Crippen molar-refractivity contribution >= 4 is 12.1 Å². The van der Waals surface area contributed by atoms with E-state index >= 15 is 0 Å². The summed E-state index contributed by atoms with van der Waals surface area (Å²) in [5.41, 5.74) is 6.58. The van der Waals surface area contributed by atoms with E-state index in [2.05, 4.69) is 39.7 Å². The van der Waals surface area contributed by atoms with Crippen LogP contribution in [-0.2, 0) is 4.79 Å². The van der Waals surface area contributed by atoms with Gasteiger partial charge in [0.15, 0.2) is 0 Å². The molecule has 2 bridgehead atoms. The van der Waals surface area contributed by atoms with Crippen molar-refractivity contribution in [3.05, 3.63) is 24.0 Å². The lowest BCUT2D eigenvalue weighted by atomic mass is 10.1. The molecular weight excluding hydrogens is 264 g/mol. The lowest BCUT2D eigenvalue weighted by molar-refractivity contribution is -0.106. The number of piperazine rings is 1. The van der Waals surface area contributed by atoms with Crippen molar-refractivity contribution in [2.45, 2.75) is 45.7 Å². The molecule has 5 heteroatoms. The summed E-state index contributed by atoms with van der Waals surface area (Å²) in [5, 5.41) is 0. The number of fused-ring (bicyclic) bond motifs is 2. The standard InChI is InChI=1S/C13H19N3.C2H6.CH3NO/c1-10-3-4-11(7-14-10)16-12-5-6-13(16)9-15(2)8-12;1-2;2-1-3/h3-4,7,12-13H,5-6,8-9H2,1-2H3;1-2H3;1H,(H2,2,3). The Bertz CT molecular complexity index is 407. The first-order valence-corrected chi connectivity index (χ1v) is 7.70. The van der Waals surface area contributed by atoms with Crippen LogP contribution in [0.2, 0.25) is 0 Å². The molecule has 5 nitrogen and oxygen atoms in total. The van der Waals surface area contributed by atoms with E-state index in [1.807, 2.05) is 27.0 Å². The summed E-state index contributed by atoms with van der Waals surface area (Å²) in [7, 11) is 2.23. The van der Waals surface area contributed by atoms with Crippen molar-refractivity contribution in [2.75, 3.05) is 25.0 Å². The second-order valence-corrected chi connectivity index (χ2v) is 5.31. The molecule has 0 radical (unpaired) electrons. The maximum atomic E-state index is 8.58. The molecule has 2 N–H and O–H groups in total. The zero-order valence-electron chi connectivity index (χ0n) is 13.6. The quantitative estimate of drug-likeness (QED) is 0.802. The average Bonchev–Trinajstić information content (AvgIpc) is 2.75. The second kappa shape index (κ2) is 8.62. The van der Waals surface area contributed by atoms with Gasteiger partial charge in [0.25, 0.3) is 0 Å². The molecule has 118 valence electrons. The monoisotopic (exact) mass is 292 g/mol. The molecule has 1 aromatic heterocycles. The van der Waals surface area contributed by atoms with Crippen LogP contribution in [0, 0.1) is 6.92 Å². The smallest absolute Gasteiger partial charge is 0.204 e. The minimum Gasteiger partial charge on any atom is -0.372 e. The number of carbonyl (C=O) groups is 1. The highest BCUT2D eigenvalue weighted by atomic mass is 16.1. The van der Waals surface area contributed by atoms with Gasteiger partial charge in [-0.1, -0.05) is 13.8 Å². The molecule has 0 saturated carbocycles. The van der Waals surface area contributed by atoms with Gasteiger partial charge in [-0.15, -0.1) is 0 Å². The van der Waals surface area contributed by atoms with Crippen LogP contribution in [0.15, 0.2) is 18.3 Å². The number of likely N-dealkylation sites (tertiary alicyclic amines) is 1. The van der Waals surface area contributed by atoms with Gasteiger partial charge in [-0.3, -0.25) is 9.78 Å². The maximum absolute atomic E-state index is 8.58. The maximum Gasteiger partial charge on any atom is 0.204 e. The van der Waals surface area contributed by atoms with E-state index in [1.165, 1.54) is 31.6 Å². The number of likely N-dealkylation sites (N-methyl/N-ethyl adjacent to an activating group) is 1. The molecule has 2 saturated heterocycles. The minimum atomic E-state index is 0.250. The van der Waals surface area contributed by atoms with Crippen LogP contribution in [-0.4, -0.2) is 48.5 Å². The highest BCUT2D eigenvalue weighted by Gasteiger charge is 2.38. The van der Waals surface area contributed by atoms with Crippen LogP contribution < -0.4 is 10.6 Å². The summed E-state index contributed by atoms with van der Waals surface area (Å²) in [6.45, 7) is 8.44. The molecule has 0 spiro atoms. The predicted octanol–water partition coefficient (Wildman–Crippen LogP) is 1.80. The molecule has 21 heavy (non-hydrogen) atoms. The van der Waals surface area contributed by atoms with E-state index in [-0.39, 0.29) is 6.41 Å². The summed E-state index contributed by atoms with van der Waals surface area (Å²) in [6, 6.07) is 5.74. The minimum absolute atomic E-state index is 0.250. The van der Waals surface area contributed by atoms with Gasteiger partial charge in [-0.25, -0.2) is 0 Å². The Labute approximate surface area is 128 Å². The molecule has 1 amide bonds. The van der Waals surface area contributed by atoms with Crippen molar-refractivity contribution in [1.82, 2.24) is 9.88 Å². The molecule has 3 rings (SSSR count). The fourth-order valence-corrected chi connectivity index (χ4v) is 3.15. The number of nitrogens with zero attached hydrogens (tertiary/aromatic N) is 3. The zero-order chi connectivity index (χ0) is 15.8. The van der Waals surface area contributed by atoms with Gasteiger partial charge < -0.3 is 15.5 Å². The van der Waals surface area contributed by atoms with Gasteiger partial charge in [0.05, 0.1) is 11.9 Å². The Morgan fingerprint density at radius 2 is 1.76 bits per heavy atom. The van der Waals surface area contributed by atoms with Crippen LogP contribution in [0.1, 0.15) is 32.4 Å². The molecule has 2 aliphatic rings. The summed E-state index contributed by atoms with van der Waals surface area (Å²) in [5.74, 6) is 0. The molecule has 3 heterocycles. The molecule has 1 aromatic rings. The summed E-state index contributed by atoms with van der Waals surface area (Å²) in [4.78, 5) is 18.0. The van der Waals surface area contributed by atoms with E-state index in [4.69, 9.17) is 4.79 Å². The summed E-state index contributed by atoms with van der Waals surface area (Å²) >= 11 is 0. The predicted molar refractivity (Wildman–Crippen MR) is 87.4 cm³/mol. The lowest BCUT2D eigenvalue weighted by Gasteiger charge is -2.40. The molecule has 2 fully saturated rings. The third-order valence-corrected chi connectivity index (χ3v) is 3.86. The van der Waals surface area contributed by atoms with Crippen LogP contribution >= 0.6 is 0 Å². The van der Waals surface area contributed by atoms with Crippen LogP contribution in [0.5, 0.6) is 0 Å². The average molecular weight is 292 g/mol. The second-order valence-electron chi connectivity index (χ2n) is 5.31. The van der Waals surface area contributed by atoms with Gasteiger partial charge in [-0.2, -0.15) is 0 Å². The Hall–Kier alpha value is -1.62. The van der Waals surface area contributed by atoms with E-state index in [9.17, 15) is 0 Å². The number of nitrogens with two attached hydrogens (primary N) is 1. The Kier molecular flexibility index (Phi) is 7.15. The number of aryl methyl sites for hydroxylation is 1. The lowest BCUT2D eigenvalue weighted by Crippen LogP contribution is -2.52. The molecule has 2 unspecified atom stereocenters. The van der Waals surface area contributed by atoms with E-state index in [0.29, 0.717) is 12.1 Å². The number of aromatic nitrogens is 1. The number of anilines is 1. The molecule has 2 atom stereocenters. The SMILES string of the molecule is CC.Cc1ccc(N2C3CCC2CN(C)C3)cn1.NC=O. The van der Waals surface area contributed by atoms with Crippen LogP contribution in [0.4, 0.5) is 5.69 Å². The first-order valence-electron chi connectivity index (χ1n) is 7.70. The Morgan fingerprint density at radius 1 is 1.24 bits per heavy atom. The highest BCUT2D eigenvalue weighted by Crippen LogP contribution is 2.33.